The van der Waals surface area contributed by atoms with Crippen LogP contribution in [0.5, 0.6) is 0 Å². The van der Waals surface area contributed by atoms with Crippen molar-refractivity contribution in [2.75, 3.05) is 6.61 Å². The number of hydrogen-bond donors (Lipinski definition) is 2. The SMILES string of the molecule is C=CCC1NC(=O)NC(C)=C1C(=O)OCC. The van der Waals surface area contributed by atoms with Crippen molar-refractivity contribution in [1.29, 1.82) is 0 Å². The minimum absolute atomic E-state index is 0.308. The van der Waals surface area contributed by atoms with Gasteiger partial charge in [0.05, 0.1) is 18.2 Å². The molecule has 88 valence electrons. The number of esters is 1. The molecule has 0 fully saturated rings. The standard InChI is InChI=1S/C11H16N2O3/c1-4-6-8-9(10(14)16-5-2)7(3)12-11(15)13-8/h4,8H,1,5-6H2,2-3H3,(H2,12,13,15). The first-order valence-corrected chi connectivity index (χ1v) is 5.16. The molecule has 0 aromatic rings. The van der Waals surface area contributed by atoms with Crippen molar-refractivity contribution in [2.24, 2.45) is 0 Å². The molecule has 1 aliphatic rings. The summed E-state index contributed by atoms with van der Waals surface area (Å²) in [5, 5.41) is 5.21. The molecule has 1 rings (SSSR count). The van der Waals surface area contributed by atoms with Crippen LogP contribution in [0.2, 0.25) is 0 Å². The maximum atomic E-state index is 11.7. The largest absolute Gasteiger partial charge is 0.463 e. The number of hydrogen-bond acceptors (Lipinski definition) is 3. The number of carbonyl (C=O) groups is 2. The molecule has 0 radical (unpaired) electrons. The Morgan fingerprint density at radius 3 is 2.88 bits per heavy atom. The predicted octanol–water partition coefficient (Wildman–Crippen LogP) is 1.08. The monoisotopic (exact) mass is 224 g/mol. The van der Waals surface area contributed by atoms with Crippen molar-refractivity contribution in [3.63, 3.8) is 0 Å². The lowest BCUT2D eigenvalue weighted by Gasteiger charge is -2.26. The quantitative estimate of drug-likeness (QED) is 0.554. The van der Waals surface area contributed by atoms with E-state index in [9.17, 15) is 9.59 Å². The van der Waals surface area contributed by atoms with E-state index in [2.05, 4.69) is 17.2 Å². The van der Waals surface area contributed by atoms with Crippen LogP contribution < -0.4 is 10.6 Å². The number of urea groups is 1. The summed E-state index contributed by atoms with van der Waals surface area (Å²) in [6, 6.07) is -0.664. The third-order valence-corrected chi connectivity index (χ3v) is 2.26. The smallest absolute Gasteiger partial charge is 0.337 e. The maximum absolute atomic E-state index is 11.7. The Morgan fingerprint density at radius 2 is 2.31 bits per heavy atom. The molecule has 1 atom stereocenters. The molecular weight excluding hydrogens is 208 g/mol. The molecule has 16 heavy (non-hydrogen) atoms. The van der Waals surface area contributed by atoms with Gasteiger partial charge in [-0.15, -0.1) is 6.58 Å². The molecule has 0 aliphatic carbocycles. The van der Waals surface area contributed by atoms with Crippen LogP contribution in [0.25, 0.3) is 0 Å². The van der Waals surface area contributed by atoms with Crippen molar-refractivity contribution in [2.45, 2.75) is 26.3 Å². The van der Waals surface area contributed by atoms with Gasteiger partial charge in [0.15, 0.2) is 0 Å². The molecule has 0 aromatic carbocycles. The molecule has 0 saturated heterocycles. The summed E-state index contributed by atoms with van der Waals surface area (Å²) in [6.45, 7) is 7.33. The van der Waals surface area contributed by atoms with E-state index in [1.165, 1.54) is 0 Å². The van der Waals surface area contributed by atoms with Crippen molar-refractivity contribution >= 4 is 12.0 Å². The van der Waals surface area contributed by atoms with Crippen molar-refractivity contribution in [3.05, 3.63) is 23.9 Å². The molecule has 2 N–H and O–H groups in total. The van der Waals surface area contributed by atoms with Gasteiger partial charge in [0.2, 0.25) is 0 Å². The highest BCUT2D eigenvalue weighted by molar-refractivity contribution is 5.94. The first-order valence-electron chi connectivity index (χ1n) is 5.16. The lowest BCUT2D eigenvalue weighted by atomic mass is 10.0. The van der Waals surface area contributed by atoms with Gasteiger partial charge in [-0.1, -0.05) is 6.08 Å². The molecule has 0 aromatic heterocycles. The van der Waals surface area contributed by atoms with Crippen LogP contribution in [0.3, 0.4) is 0 Å². The van der Waals surface area contributed by atoms with Crippen LogP contribution in [0.1, 0.15) is 20.3 Å². The van der Waals surface area contributed by atoms with Gasteiger partial charge >= 0.3 is 12.0 Å². The summed E-state index contributed by atoms with van der Waals surface area (Å²) in [4.78, 5) is 22.9. The van der Waals surface area contributed by atoms with Crippen LogP contribution in [0.15, 0.2) is 23.9 Å². The van der Waals surface area contributed by atoms with Gasteiger partial charge in [-0.25, -0.2) is 9.59 Å². The minimum Gasteiger partial charge on any atom is -0.463 e. The molecule has 0 bridgehead atoms. The van der Waals surface area contributed by atoms with E-state index in [0.29, 0.717) is 24.3 Å². The molecule has 1 unspecified atom stereocenters. The molecule has 0 spiro atoms. The number of rotatable bonds is 4. The van der Waals surface area contributed by atoms with E-state index < -0.39 is 5.97 Å². The van der Waals surface area contributed by atoms with Gasteiger partial charge in [-0.2, -0.15) is 0 Å². The van der Waals surface area contributed by atoms with E-state index in [0.717, 1.165) is 0 Å². The number of ether oxygens (including phenoxy) is 1. The summed E-state index contributed by atoms with van der Waals surface area (Å²) >= 11 is 0. The zero-order valence-electron chi connectivity index (χ0n) is 9.50. The molecular formula is C11H16N2O3. The lowest BCUT2D eigenvalue weighted by Crippen LogP contribution is -2.49. The first kappa shape index (κ1) is 12.3. The third kappa shape index (κ3) is 2.62. The second-order valence-corrected chi connectivity index (χ2v) is 3.43. The number of allylic oxidation sites excluding steroid dienone is 1. The van der Waals surface area contributed by atoms with Gasteiger partial charge in [-0.05, 0) is 20.3 Å². The Balaban J connectivity index is 2.96. The molecule has 0 saturated carbocycles. The highest BCUT2D eigenvalue weighted by atomic mass is 16.5. The van der Waals surface area contributed by atoms with Gasteiger partial charge in [0.1, 0.15) is 0 Å². The van der Waals surface area contributed by atoms with E-state index in [1.807, 2.05) is 0 Å². The zero-order chi connectivity index (χ0) is 12.1. The normalized spacial score (nSPS) is 19.9. The van der Waals surface area contributed by atoms with E-state index in [-0.39, 0.29) is 12.1 Å². The summed E-state index contributed by atoms with van der Waals surface area (Å²) in [5.74, 6) is -0.403. The van der Waals surface area contributed by atoms with Crippen LogP contribution in [0.4, 0.5) is 4.79 Å². The lowest BCUT2D eigenvalue weighted by molar-refractivity contribution is -0.139. The zero-order valence-corrected chi connectivity index (χ0v) is 9.50. The minimum atomic E-state index is -0.403. The van der Waals surface area contributed by atoms with Crippen molar-refractivity contribution in [3.8, 4) is 0 Å². The Morgan fingerprint density at radius 1 is 1.62 bits per heavy atom. The number of nitrogens with one attached hydrogen (secondary N) is 2. The van der Waals surface area contributed by atoms with Gasteiger partial charge in [-0.3, -0.25) is 0 Å². The Kier molecular flexibility index (Phi) is 4.10. The van der Waals surface area contributed by atoms with Crippen LogP contribution >= 0.6 is 0 Å². The van der Waals surface area contributed by atoms with Crippen LogP contribution in [-0.2, 0) is 9.53 Å². The molecule has 1 heterocycles. The van der Waals surface area contributed by atoms with E-state index >= 15 is 0 Å². The second-order valence-electron chi connectivity index (χ2n) is 3.43. The average Bonchev–Trinajstić information content (AvgIpc) is 2.17. The van der Waals surface area contributed by atoms with Crippen molar-refractivity contribution in [1.82, 2.24) is 10.6 Å². The highest BCUT2D eigenvalue weighted by Crippen LogP contribution is 2.16. The van der Waals surface area contributed by atoms with Crippen LogP contribution in [-0.4, -0.2) is 24.6 Å². The average molecular weight is 224 g/mol. The van der Waals surface area contributed by atoms with Crippen molar-refractivity contribution < 1.29 is 14.3 Å². The summed E-state index contributed by atoms with van der Waals surface area (Å²) in [6.07, 6.45) is 2.15. The molecule has 5 nitrogen and oxygen atoms in total. The fraction of sp³-hybridized carbons (Fsp3) is 0.455. The topological polar surface area (TPSA) is 67.4 Å². The fourth-order valence-corrected chi connectivity index (χ4v) is 1.61. The Hall–Kier alpha value is -1.78. The predicted molar refractivity (Wildman–Crippen MR) is 59.6 cm³/mol. The summed E-state index contributed by atoms with van der Waals surface area (Å²) < 4.78 is 4.94. The Labute approximate surface area is 94.5 Å². The number of amides is 2. The van der Waals surface area contributed by atoms with Gasteiger partial charge < -0.3 is 15.4 Å². The van der Waals surface area contributed by atoms with Gasteiger partial charge in [0.25, 0.3) is 0 Å². The maximum Gasteiger partial charge on any atom is 0.337 e. The third-order valence-electron chi connectivity index (χ3n) is 2.26. The first-order chi connectivity index (χ1) is 7.60. The fourth-order valence-electron chi connectivity index (χ4n) is 1.61. The van der Waals surface area contributed by atoms with Gasteiger partial charge in [0, 0.05) is 5.70 Å². The molecule has 2 amide bonds. The van der Waals surface area contributed by atoms with E-state index in [1.54, 1.807) is 19.9 Å². The number of carbonyl (C=O) groups excluding carboxylic acids is 2. The van der Waals surface area contributed by atoms with Crippen LogP contribution in [0, 0.1) is 0 Å². The molecule has 1 aliphatic heterocycles. The van der Waals surface area contributed by atoms with E-state index in [4.69, 9.17) is 4.74 Å². The molecule has 5 heteroatoms. The summed E-state index contributed by atoms with van der Waals surface area (Å²) in [5.41, 5.74) is 0.996. The highest BCUT2D eigenvalue weighted by Gasteiger charge is 2.29. The Bertz CT molecular complexity index is 347. The summed E-state index contributed by atoms with van der Waals surface area (Å²) in [7, 11) is 0. The second kappa shape index (κ2) is 5.34.